The van der Waals surface area contributed by atoms with Crippen LogP contribution in [0.4, 0.5) is 0 Å². The molecular formula is C20H25Cl2NO3. The number of hydrogen-bond donors (Lipinski definition) is 2. The van der Waals surface area contributed by atoms with Gasteiger partial charge in [-0.3, -0.25) is 0 Å². The third-order valence-corrected chi connectivity index (χ3v) is 4.69. The first-order chi connectivity index (χ1) is 12.3. The Morgan fingerprint density at radius 2 is 1.69 bits per heavy atom. The van der Waals surface area contributed by atoms with Crippen molar-refractivity contribution in [3.63, 3.8) is 0 Å². The highest BCUT2D eigenvalue weighted by Gasteiger charge is 2.19. The van der Waals surface area contributed by atoms with E-state index in [4.69, 9.17) is 32.7 Å². The largest absolute Gasteiger partial charge is 0.497 e. The van der Waals surface area contributed by atoms with Gasteiger partial charge in [0.2, 0.25) is 0 Å². The lowest BCUT2D eigenvalue weighted by Crippen LogP contribution is -2.46. The molecular weight excluding hydrogens is 373 g/mol. The molecule has 0 spiro atoms. The molecule has 0 fully saturated rings. The van der Waals surface area contributed by atoms with E-state index in [1.165, 1.54) is 5.56 Å². The lowest BCUT2D eigenvalue weighted by molar-refractivity contribution is 0.0988. The van der Waals surface area contributed by atoms with Gasteiger partial charge in [-0.25, -0.2) is 0 Å². The van der Waals surface area contributed by atoms with Gasteiger partial charge in [0.15, 0.2) is 0 Å². The third-order valence-electron chi connectivity index (χ3n) is 3.95. The summed E-state index contributed by atoms with van der Waals surface area (Å²) in [5.74, 6) is 1.42. The summed E-state index contributed by atoms with van der Waals surface area (Å²) in [6, 6.07) is 13.0. The van der Waals surface area contributed by atoms with Crippen LogP contribution in [0.15, 0.2) is 42.5 Å². The topological polar surface area (TPSA) is 50.7 Å². The molecule has 2 rings (SSSR count). The molecule has 142 valence electrons. The third kappa shape index (κ3) is 6.69. The molecule has 0 aromatic heterocycles. The fourth-order valence-corrected chi connectivity index (χ4v) is 2.82. The minimum Gasteiger partial charge on any atom is -0.497 e. The number of aliphatic hydroxyl groups is 1. The van der Waals surface area contributed by atoms with E-state index in [1.54, 1.807) is 25.3 Å². The summed E-state index contributed by atoms with van der Waals surface area (Å²) < 4.78 is 10.7. The average Bonchev–Trinajstić information content (AvgIpc) is 2.61. The summed E-state index contributed by atoms with van der Waals surface area (Å²) in [6.07, 6.45) is 0.191. The van der Waals surface area contributed by atoms with Crippen molar-refractivity contribution in [2.75, 3.05) is 20.3 Å². The molecule has 0 aliphatic rings. The number of methoxy groups -OCH3 is 1. The zero-order valence-corrected chi connectivity index (χ0v) is 16.8. The SMILES string of the molecule is COc1ccc(CC(C)(C)NCC(O)COc2ccc(Cl)c(Cl)c2)cc1. The van der Waals surface area contributed by atoms with Crippen LogP contribution in [0.5, 0.6) is 11.5 Å². The summed E-state index contributed by atoms with van der Waals surface area (Å²) in [5, 5.41) is 14.5. The quantitative estimate of drug-likeness (QED) is 0.659. The van der Waals surface area contributed by atoms with Crippen molar-refractivity contribution in [2.24, 2.45) is 0 Å². The highest BCUT2D eigenvalue weighted by atomic mass is 35.5. The molecule has 0 aliphatic carbocycles. The molecule has 2 aromatic carbocycles. The summed E-state index contributed by atoms with van der Waals surface area (Å²) in [7, 11) is 1.65. The van der Waals surface area contributed by atoms with Gasteiger partial charge in [0.25, 0.3) is 0 Å². The van der Waals surface area contributed by atoms with Gasteiger partial charge in [-0.05, 0) is 50.1 Å². The molecule has 6 heteroatoms. The maximum absolute atomic E-state index is 10.2. The van der Waals surface area contributed by atoms with Crippen LogP contribution in [-0.2, 0) is 6.42 Å². The molecule has 1 atom stereocenters. The molecule has 0 aliphatic heterocycles. The van der Waals surface area contributed by atoms with E-state index in [2.05, 4.69) is 19.2 Å². The van der Waals surface area contributed by atoms with E-state index in [0.29, 0.717) is 22.3 Å². The van der Waals surface area contributed by atoms with E-state index in [1.807, 2.05) is 24.3 Å². The average molecular weight is 398 g/mol. The number of nitrogens with one attached hydrogen (secondary N) is 1. The fourth-order valence-electron chi connectivity index (χ4n) is 2.53. The molecule has 26 heavy (non-hydrogen) atoms. The Morgan fingerprint density at radius 3 is 2.31 bits per heavy atom. The van der Waals surface area contributed by atoms with E-state index < -0.39 is 6.10 Å². The van der Waals surface area contributed by atoms with E-state index >= 15 is 0 Å². The number of ether oxygens (including phenoxy) is 2. The zero-order valence-electron chi connectivity index (χ0n) is 15.3. The van der Waals surface area contributed by atoms with Crippen molar-refractivity contribution in [3.8, 4) is 11.5 Å². The zero-order chi connectivity index (χ0) is 19.2. The Hall–Kier alpha value is -1.46. The predicted octanol–water partition coefficient (Wildman–Crippen LogP) is 4.35. The molecule has 4 nitrogen and oxygen atoms in total. The molecule has 1 unspecified atom stereocenters. The second-order valence-corrected chi connectivity index (χ2v) is 7.64. The maximum Gasteiger partial charge on any atom is 0.121 e. The van der Waals surface area contributed by atoms with Crippen molar-refractivity contribution in [1.29, 1.82) is 0 Å². The number of rotatable bonds is 9. The number of aliphatic hydroxyl groups excluding tert-OH is 1. The highest BCUT2D eigenvalue weighted by molar-refractivity contribution is 6.42. The number of halogens is 2. The second-order valence-electron chi connectivity index (χ2n) is 6.83. The molecule has 0 amide bonds. The van der Waals surface area contributed by atoms with Crippen molar-refractivity contribution in [1.82, 2.24) is 5.32 Å². The van der Waals surface area contributed by atoms with Crippen LogP contribution in [0.25, 0.3) is 0 Å². The fraction of sp³-hybridized carbons (Fsp3) is 0.400. The highest BCUT2D eigenvalue weighted by Crippen LogP contribution is 2.26. The Morgan fingerprint density at radius 1 is 1.04 bits per heavy atom. The minimum absolute atomic E-state index is 0.168. The Bertz CT molecular complexity index is 705. The van der Waals surface area contributed by atoms with Crippen molar-refractivity contribution in [3.05, 3.63) is 58.1 Å². The standard InChI is InChI=1S/C20H25Cl2NO3/c1-20(2,11-14-4-6-16(25-3)7-5-14)23-12-15(24)13-26-17-8-9-18(21)19(22)10-17/h4-10,15,23-24H,11-13H2,1-3H3. The van der Waals surface area contributed by atoms with Crippen LogP contribution in [0, 0.1) is 0 Å². The summed E-state index contributed by atoms with van der Waals surface area (Å²) in [6.45, 7) is 4.79. The Labute approximate surface area is 165 Å². The number of hydrogen-bond acceptors (Lipinski definition) is 4. The number of benzene rings is 2. The molecule has 2 N–H and O–H groups in total. The van der Waals surface area contributed by atoms with Crippen LogP contribution >= 0.6 is 23.2 Å². The van der Waals surface area contributed by atoms with Gasteiger partial charge in [-0.1, -0.05) is 35.3 Å². The van der Waals surface area contributed by atoms with Crippen LogP contribution in [0.1, 0.15) is 19.4 Å². The van der Waals surface area contributed by atoms with Gasteiger partial charge < -0.3 is 19.9 Å². The van der Waals surface area contributed by atoms with Gasteiger partial charge in [0.05, 0.1) is 17.2 Å². The summed E-state index contributed by atoms with van der Waals surface area (Å²) in [5.41, 5.74) is 1.03. The van der Waals surface area contributed by atoms with Gasteiger partial charge in [0, 0.05) is 18.2 Å². The van der Waals surface area contributed by atoms with Crippen molar-refractivity contribution in [2.45, 2.75) is 31.9 Å². The number of β-amino-alcohol motifs (C(OH)–C–C–N with tert-alkyl or cyclic N) is 1. The Balaban J connectivity index is 1.78. The minimum atomic E-state index is -0.639. The smallest absolute Gasteiger partial charge is 0.121 e. The lowest BCUT2D eigenvalue weighted by Gasteiger charge is -2.28. The molecule has 0 bridgehead atoms. The van der Waals surface area contributed by atoms with Gasteiger partial charge in [0.1, 0.15) is 24.2 Å². The first kappa shape index (κ1) is 20.8. The summed E-state index contributed by atoms with van der Waals surface area (Å²) >= 11 is 11.8. The molecule has 0 saturated carbocycles. The van der Waals surface area contributed by atoms with Crippen LogP contribution in [0.2, 0.25) is 10.0 Å². The van der Waals surface area contributed by atoms with Gasteiger partial charge >= 0.3 is 0 Å². The van der Waals surface area contributed by atoms with Crippen LogP contribution in [0.3, 0.4) is 0 Å². The van der Waals surface area contributed by atoms with Crippen molar-refractivity contribution >= 4 is 23.2 Å². The van der Waals surface area contributed by atoms with E-state index in [9.17, 15) is 5.11 Å². The first-order valence-corrected chi connectivity index (χ1v) is 9.18. The van der Waals surface area contributed by atoms with E-state index in [-0.39, 0.29) is 12.1 Å². The van der Waals surface area contributed by atoms with Crippen molar-refractivity contribution < 1.29 is 14.6 Å². The van der Waals surface area contributed by atoms with Crippen LogP contribution < -0.4 is 14.8 Å². The van der Waals surface area contributed by atoms with E-state index in [0.717, 1.165) is 12.2 Å². The van der Waals surface area contributed by atoms with Crippen LogP contribution in [-0.4, -0.2) is 37.0 Å². The molecule has 2 aromatic rings. The van der Waals surface area contributed by atoms with Gasteiger partial charge in [-0.2, -0.15) is 0 Å². The normalized spacial score (nSPS) is 12.7. The molecule has 0 radical (unpaired) electrons. The first-order valence-electron chi connectivity index (χ1n) is 8.43. The second kappa shape index (κ2) is 9.47. The maximum atomic E-state index is 10.2. The molecule has 0 saturated heterocycles. The van der Waals surface area contributed by atoms with Gasteiger partial charge in [-0.15, -0.1) is 0 Å². The monoisotopic (exact) mass is 397 g/mol. The molecule has 0 heterocycles. The summed E-state index contributed by atoms with van der Waals surface area (Å²) in [4.78, 5) is 0. The predicted molar refractivity (Wildman–Crippen MR) is 107 cm³/mol. The Kier molecular flexibility index (Phi) is 7.59. The lowest BCUT2D eigenvalue weighted by atomic mass is 9.94.